The molecule has 1 atom stereocenters. The maximum atomic E-state index is 13.1. The van der Waals surface area contributed by atoms with Crippen LogP contribution in [0.1, 0.15) is 38.5 Å². The molecule has 1 saturated carbocycles. The van der Waals surface area contributed by atoms with E-state index >= 15 is 0 Å². The van der Waals surface area contributed by atoms with Crippen molar-refractivity contribution in [2.45, 2.75) is 50.6 Å². The summed E-state index contributed by atoms with van der Waals surface area (Å²) < 4.78 is 29.6. The summed E-state index contributed by atoms with van der Waals surface area (Å²) in [5.41, 5.74) is 0. The second kappa shape index (κ2) is 10.1. The van der Waals surface area contributed by atoms with Crippen molar-refractivity contribution in [2.75, 3.05) is 38.2 Å². The van der Waals surface area contributed by atoms with Crippen LogP contribution < -0.4 is 4.74 Å². The number of rotatable bonds is 9. The van der Waals surface area contributed by atoms with Crippen LogP contribution in [-0.2, 0) is 14.6 Å². The van der Waals surface area contributed by atoms with Gasteiger partial charge in [-0.15, -0.1) is 0 Å². The number of ether oxygens (including phenoxy) is 1. The van der Waals surface area contributed by atoms with Crippen LogP contribution in [0.3, 0.4) is 0 Å². The maximum Gasteiger partial charge on any atom is 0.237 e. The van der Waals surface area contributed by atoms with Crippen molar-refractivity contribution < 1.29 is 17.9 Å². The molecule has 1 aromatic rings. The highest BCUT2D eigenvalue weighted by Crippen LogP contribution is 2.29. The number of amides is 1. The molecule has 3 rings (SSSR count). The highest BCUT2D eigenvalue weighted by Gasteiger charge is 2.39. The van der Waals surface area contributed by atoms with E-state index in [1.54, 1.807) is 12.1 Å². The lowest BCUT2D eigenvalue weighted by atomic mass is 10.1. The number of benzene rings is 1. The molecule has 8 heteroatoms. The van der Waals surface area contributed by atoms with Crippen LogP contribution in [0.5, 0.6) is 5.75 Å². The summed E-state index contributed by atoms with van der Waals surface area (Å²) in [7, 11) is -1.09. The molecule has 1 unspecified atom stereocenters. The Kier molecular flexibility index (Phi) is 7.82. The Hall–Kier alpha value is -1.31. The summed E-state index contributed by atoms with van der Waals surface area (Å²) in [4.78, 5) is 17.0. The lowest BCUT2D eigenvalue weighted by Crippen LogP contribution is -2.50. The molecule has 1 amide bonds. The fraction of sp³-hybridized carbons (Fsp3) is 0.667. The molecule has 29 heavy (non-hydrogen) atoms. The predicted molar refractivity (Wildman–Crippen MR) is 115 cm³/mol. The summed E-state index contributed by atoms with van der Waals surface area (Å²) in [6.45, 7) is 1.59. The summed E-state index contributed by atoms with van der Waals surface area (Å²) in [6, 6.07) is 7.34. The van der Waals surface area contributed by atoms with Gasteiger partial charge in [-0.2, -0.15) is 0 Å². The molecular formula is C21H31ClN2O4S. The van der Waals surface area contributed by atoms with Crippen molar-refractivity contribution in [1.82, 2.24) is 9.80 Å². The summed E-state index contributed by atoms with van der Waals surface area (Å²) in [5.74, 6) is 1.11. The first-order chi connectivity index (χ1) is 13.8. The number of likely N-dealkylation sites (N-methyl/N-ethyl adjacent to an activating group) is 1. The van der Waals surface area contributed by atoms with Crippen molar-refractivity contribution in [3.63, 3.8) is 0 Å². The number of carbonyl (C=O) groups is 1. The normalized spacial score (nSPS) is 21.6. The maximum absolute atomic E-state index is 13.1. The number of halogens is 1. The summed E-state index contributed by atoms with van der Waals surface area (Å²) in [5, 5.41) is 0.645. The largest absolute Gasteiger partial charge is 0.493 e. The third-order valence-corrected chi connectivity index (χ3v) is 7.75. The Balaban J connectivity index is 1.48. The van der Waals surface area contributed by atoms with Gasteiger partial charge >= 0.3 is 0 Å². The van der Waals surface area contributed by atoms with Gasteiger partial charge in [0.05, 0.1) is 24.7 Å². The molecule has 162 valence electrons. The number of nitrogens with zero attached hydrogens (tertiary/aromatic N) is 2. The number of sulfone groups is 1. The van der Waals surface area contributed by atoms with E-state index < -0.39 is 9.84 Å². The van der Waals surface area contributed by atoms with E-state index in [1.807, 2.05) is 29.0 Å². The lowest BCUT2D eigenvalue weighted by Gasteiger charge is -2.35. The van der Waals surface area contributed by atoms with Crippen LogP contribution in [0.25, 0.3) is 0 Å². The van der Waals surface area contributed by atoms with Gasteiger partial charge in [-0.1, -0.05) is 30.5 Å². The first-order valence-electron chi connectivity index (χ1n) is 10.4. The molecule has 1 aliphatic carbocycles. The van der Waals surface area contributed by atoms with E-state index in [9.17, 15) is 13.2 Å². The Morgan fingerprint density at radius 3 is 2.62 bits per heavy atom. The van der Waals surface area contributed by atoms with E-state index in [1.165, 1.54) is 0 Å². The number of carbonyl (C=O) groups excluding carboxylic acids is 1. The minimum Gasteiger partial charge on any atom is -0.493 e. The van der Waals surface area contributed by atoms with Crippen molar-refractivity contribution in [3.05, 3.63) is 29.3 Å². The Labute approximate surface area is 179 Å². The topological polar surface area (TPSA) is 66.9 Å². The molecular weight excluding hydrogens is 412 g/mol. The van der Waals surface area contributed by atoms with E-state index in [4.69, 9.17) is 16.3 Å². The zero-order valence-corrected chi connectivity index (χ0v) is 18.6. The van der Waals surface area contributed by atoms with E-state index in [0.717, 1.165) is 44.4 Å². The van der Waals surface area contributed by atoms with Crippen molar-refractivity contribution in [3.8, 4) is 5.75 Å². The number of hydrogen-bond donors (Lipinski definition) is 0. The quantitative estimate of drug-likeness (QED) is 0.550. The standard InChI is InChI=1S/C21H31ClN2O4S/c1-23(11-5-12-28-20-9-4-6-17(22)14-20)15-21(25)24(18-7-2-3-8-18)19-10-13-29(26,27)16-19/h4,6,9,14,18-19H,2-3,5,7-8,10-13,15-16H2,1H3. The average Bonchev–Trinajstić information content (AvgIpc) is 3.29. The molecule has 1 heterocycles. The fourth-order valence-electron chi connectivity index (χ4n) is 4.36. The monoisotopic (exact) mass is 442 g/mol. The van der Waals surface area contributed by atoms with Gasteiger partial charge in [-0.05, 0) is 50.9 Å². The van der Waals surface area contributed by atoms with E-state index in [2.05, 4.69) is 0 Å². The van der Waals surface area contributed by atoms with Gasteiger partial charge < -0.3 is 9.64 Å². The zero-order valence-electron chi connectivity index (χ0n) is 17.1. The smallest absolute Gasteiger partial charge is 0.237 e. The van der Waals surface area contributed by atoms with Gasteiger partial charge in [0.25, 0.3) is 0 Å². The van der Waals surface area contributed by atoms with Gasteiger partial charge in [-0.3, -0.25) is 9.69 Å². The van der Waals surface area contributed by atoms with E-state index in [0.29, 0.717) is 24.6 Å². The van der Waals surface area contributed by atoms with E-state index in [-0.39, 0.29) is 29.5 Å². The van der Waals surface area contributed by atoms with Gasteiger partial charge in [0.2, 0.25) is 5.91 Å². The SMILES string of the molecule is CN(CCCOc1cccc(Cl)c1)CC(=O)N(C1CCCC1)C1CCS(=O)(=O)C1. The zero-order chi connectivity index (χ0) is 20.9. The molecule has 6 nitrogen and oxygen atoms in total. The van der Waals surface area contributed by atoms with Crippen molar-refractivity contribution in [2.24, 2.45) is 0 Å². The van der Waals surface area contributed by atoms with Gasteiger partial charge in [0.15, 0.2) is 9.84 Å². The highest BCUT2D eigenvalue weighted by molar-refractivity contribution is 7.91. The minimum atomic E-state index is -3.01. The summed E-state index contributed by atoms with van der Waals surface area (Å²) in [6.07, 6.45) is 5.56. The van der Waals surface area contributed by atoms with Crippen LogP contribution in [0.4, 0.5) is 0 Å². The highest BCUT2D eigenvalue weighted by atomic mass is 35.5. The van der Waals surface area contributed by atoms with Crippen LogP contribution in [0.2, 0.25) is 5.02 Å². The van der Waals surface area contributed by atoms with Crippen molar-refractivity contribution >= 4 is 27.3 Å². The van der Waals surface area contributed by atoms with Crippen LogP contribution in [0, 0.1) is 0 Å². The molecule has 1 aromatic carbocycles. The average molecular weight is 443 g/mol. The predicted octanol–water partition coefficient (Wildman–Crippen LogP) is 3.00. The molecule has 0 spiro atoms. The minimum absolute atomic E-state index is 0.0530. The molecule has 0 bridgehead atoms. The molecule has 2 fully saturated rings. The Morgan fingerprint density at radius 1 is 1.21 bits per heavy atom. The van der Waals surface area contributed by atoms with Gasteiger partial charge in [0, 0.05) is 23.7 Å². The lowest BCUT2D eigenvalue weighted by molar-refractivity contribution is -0.136. The second-order valence-electron chi connectivity index (χ2n) is 8.19. The molecule has 0 aromatic heterocycles. The Bertz CT molecular complexity index is 796. The van der Waals surface area contributed by atoms with Crippen LogP contribution >= 0.6 is 11.6 Å². The third kappa shape index (κ3) is 6.59. The molecule has 0 radical (unpaired) electrons. The second-order valence-corrected chi connectivity index (χ2v) is 10.9. The molecule has 1 aliphatic heterocycles. The van der Waals surface area contributed by atoms with Crippen LogP contribution in [-0.4, -0.2) is 74.5 Å². The molecule has 1 saturated heterocycles. The van der Waals surface area contributed by atoms with Crippen LogP contribution in [0.15, 0.2) is 24.3 Å². The number of hydrogen-bond acceptors (Lipinski definition) is 5. The summed E-state index contributed by atoms with van der Waals surface area (Å²) >= 11 is 5.95. The first kappa shape index (κ1) is 22.4. The third-order valence-electron chi connectivity index (χ3n) is 5.76. The van der Waals surface area contributed by atoms with Gasteiger partial charge in [-0.25, -0.2) is 8.42 Å². The Morgan fingerprint density at radius 2 is 1.97 bits per heavy atom. The van der Waals surface area contributed by atoms with Gasteiger partial charge in [0.1, 0.15) is 5.75 Å². The first-order valence-corrected chi connectivity index (χ1v) is 12.6. The van der Waals surface area contributed by atoms with Crippen molar-refractivity contribution in [1.29, 1.82) is 0 Å². The fourth-order valence-corrected chi connectivity index (χ4v) is 6.25. The molecule has 2 aliphatic rings. The molecule has 0 N–H and O–H groups in total.